The second-order valence-electron chi connectivity index (χ2n) is 7.36. The number of aliphatic hydroxyl groups is 1. The predicted octanol–water partition coefficient (Wildman–Crippen LogP) is 4.53. The molecule has 0 saturated carbocycles. The van der Waals surface area contributed by atoms with E-state index in [4.69, 9.17) is 26.1 Å². The number of hydrogen-bond acceptors (Lipinski definition) is 5. The van der Waals surface area contributed by atoms with Crippen LogP contribution < -0.4 is 9.47 Å². The minimum Gasteiger partial charge on any atom is -0.493 e. The number of pyridine rings is 1. The number of nitrogens with zero attached hydrogens (tertiary/aromatic N) is 2. The van der Waals surface area contributed by atoms with Crippen molar-refractivity contribution < 1.29 is 14.6 Å². The monoisotopic (exact) mass is 412 g/mol. The van der Waals surface area contributed by atoms with Crippen LogP contribution in [0.2, 0.25) is 5.02 Å². The molecule has 1 saturated heterocycles. The summed E-state index contributed by atoms with van der Waals surface area (Å²) in [5, 5.41) is 11.4. The molecule has 1 aliphatic heterocycles. The maximum atomic E-state index is 9.73. The van der Waals surface area contributed by atoms with Gasteiger partial charge in [0.15, 0.2) is 11.5 Å². The summed E-state index contributed by atoms with van der Waals surface area (Å²) in [7, 11) is 3.26. The highest BCUT2D eigenvalue weighted by molar-refractivity contribution is 6.30. The molecule has 1 fully saturated rings. The van der Waals surface area contributed by atoms with E-state index >= 15 is 0 Å². The lowest BCUT2D eigenvalue weighted by molar-refractivity contribution is 0.153. The second kappa shape index (κ2) is 8.57. The number of methoxy groups -OCH3 is 2. The largest absolute Gasteiger partial charge is 0.493 e. The molecule has 1 aromatic heterocycles. The Morgan fingerprint density at radius 3 is 2.66 bits per heavy atom. The van der Waals surface area contributed by atoms with Gasteiger partial charge in [-0.25, -0.2) is 4.98 Å². The molecule has 2 heterocycles. The third-order valence-electron chi connectivity index (χ3n) is 5.58. The van der Waals surface area contributed by atoms with Crippen LogP contribution in [0.15, 0.2) is 42.5 Å². The Balaban J connectivity index is 1.86. The molecule has 1 N–H and O–H groups in total. The van der Waals surface area contributed by atoms with E-state index in [2.05, 4.69) is 11.0 Å². The molecule has 29 heavy (non-hydrogen) atoms. The summed E-state index contributed by atoms with van der Waals surface area (Å²) in [5.41, 5.74) is 3.81. The standard InChI is InChI=1S/C23H25ClN2O3/c1-28-21-11-16-9-17(13-26-8-4-7-19(26)14-27)23(15-5-3-6-18(24)10-15)25-20(16)12-22(21)29-2/h3,5-6,9-12,19,27H,4,7-8,13-14H2,1-2H3/t19-/m0/s1. The third-order valence-corrected chi connectivity index (χ3v) is 5.82. The molecule has 0 spiro atoms. The van der Waals surface area contributed by atoms with Crippen molar-refractivity contribution in [3.63, 3.8) is 0 Å². The van der Waals surface area contributed by atoms with Crippen LogP contribution >= 0.6 is 11.6 Å². The molecule has 1 atom stereocenters. The molecule has 4 rings (SSSR count). The maximum absolute atomic E-state index is 9.73. The summed E-state index contributed by atoms with van der Waals surface area (Å²) in [4.78, 5) is 7.31. The average molecular weight is 413 g/mol. The van der Waals surface area contributed by atoms with Gasteiger partial charge in [0.1, 0.15) is 0 Å². The van der Waals surface area contributed by atoms with E-state index in [0.29, 0.717) is 16.5 Å². The van der Waals surface area contributed by atoms with Gasteiger partial charge in [-0.1, -0.05) is 23.7 Å². The number of benzene rings is 2. The summed E-state index contributed by atoms with van der Waals surface area (Å²) < 4.78 is 10.9. The Labute approximate surface area is 175 Å². The van der Waals surface area contributed by atoms with Crippen molar-refractivity contribution in [1.29, 1.82) is 0 Å². The second-order valence-corrected chi connectivity index (χ2v) is 7.79. The first-order valence-corrected chi connectivity index (χ1v) is 10.2. The Morgan fingerprint density at radius 2 is 1.93 bits per heavy atom. The highest BCUT2D eigenvalue weighted by Crippen LogP contribution is 2.35. The SMILES string of the molecule is COc1cc2cc(CN3CCC[C@H]3CO)c(-c3cccc(Cl)c3)nc2cc1OC. The van der Waals surface area contributed by atoms with E-state index < -0.39 is 0 Å². The highest BCUT2D eigenvalue weighted by atomic mass is 35.5. The smallest absolute Gasteiger partial charge is 0.162 e. The normalized spacial score (nSPS) is 17.0. The zero-order chi connectivity index (χ0) is 20.4. The van der Waals surface area contributed by atoms with Gasteiger partial charge in [0.25, 0.3) is 0 Å². The van der Waals surface area contributed by atoms with Gasteiger partial charge >= 0.3 is 0 Å². The van der Waals surface area contributed by atoms with Crippen LogP contribution in [-0.2, 0) is 6.54 Å². The number of rotatable bonds is 6. The van der Waals surface area contributed by atoms with E-state index in [9.17, 15) is 5.11 Å². The van der Waals surface area contributed by atoms with Crippen LogP contribution in [0, 0.1) is 0 Å². The molecule has 0 amide bonds. The lowest BCUT2D eigenvalue weighted by Crippen LogP contribution is -2.31. The van der Waals surface area contributed by atoms with Gasteiger partial charge in [-0.15, -0.1) is 0 Å². The van der Waals surface area contributed by atoms with Crippen molar-refractivity contribution in [1.82, 2.24) is 9.88 Å². The fraction of sp³-hybridized carbons (Fsp3) is 0.348. The van der Waals surface area contributed by atoms with Crippen molar-refractivity contribution >= 4 is 22.5 Å². The molecule has 152 valence electrons. The fourth-order valence-corrected chi connectivity index (χ4v) is 4.27. The molecule has 3 aromatic rings. The van der Waals surface area contributed by atoms with Crippen molar-refractivity contribution in [3.05, 3.63) is 53.1 Å². The molecule has 0 radical (unpaired) electrons. The van der Waals surface area contributed by atoms with Gasteiger partial charge < -0.3 is 14.6 Å². The fourth-order valence-electron chi connectivity index (χ4n) is 4.08. The van der Waals surface area contributed by atoms with Gasteiger partial charge in [0.2, 0.25) is 0 Å². The van der Waals surface area contributed by atoms with E-state index in [1.807, 2.05) is 36.4 Å². The number of aliphatic hydroxyl groups excluding tert-OH is 1. The van der Waals surface area contributed by atoms with Crippen molar-refractivity contribution in [2.45, 2.75) is 25.4 Å². The quantitative estimate of drug-likeness (QED) is 0.644. The molecule has 0 bridgehead atoms. The molecule has 0 aliphatic carbocycles. The topological polar surface area (TPSA) is 54.8 Å². The van der Waals surface area contributed by atoms with Crippen LogP contribution in [-0.4, -0.2) is 48.4 Å². The Hall–Kier alpha value is -2.34. The zero-order valence-electron chi connectivity index (χ0n) is 16.7. The summed E-state index contributed by atoms with van der Waals surface area (Å²) >= 11 is 6.26. The van der Waals surface area contributed by atoms with Crippen LogP contribution in [0.4, 0.5) is 0 Å². The minimum atomic E-state index is 0.179. The van der Waals surface area contributed by atoms with Gasteiger partial charge in [-0.2, -0.15) is 0 Å². The first kappa shape index (κ1) is 20.0. The number of hydrogen-bond donors (Lipinski definition) is 1. The van der Waals surface area contributed by atoms with Crippen LogP contribution in [0.3, 0.4) is 0 Å². The number of likely N-dealkylation sites (tertiary alicyclic amines) is 1. The number of fused-ring (bicyclic) bond motifs is 1. The third kappa shape index (κ3) is 4.04. The van der Waals surface area contributed by atoms with Crippen LogP contribution in [0.25, 0.3) is 22.2 Å². The molecular formula is C23H25ClN2O3. The predicted molar refractivity (Wildman–Crippen MR) is 116 cm³/mol. The van der Waals surface area contributed by atoms with Gasteiger partial charge in [0, 0.05) is 34.6 Å². The van der Waals surface area contributed by atoms with Gasteiger partial charge in [0.05, 0.1) is 32.0 Å². The minimum absolute atomic E-state index is 0.179. The maximum Gasteiger partial charge on any atom is 0.162 e. The lowest BCUT2D eigenvalue weighted by Gasteiger charge is -2.24. The van der Waals surface area contributed by atoms with Crippen molar-refractivity contribution in [2.75, 3.05) is 27.4 Å². The molecule has 0 unspecified atom stereocenters. The van der Waals surface area contributed by atoms with Crippen molar-refractivity contribution in [2.24, 2.45) is 0 Å². The Kier molecular flexibility index (Phi) is 5.90. The van der Waals surface area contributed by atoms with E-state index in [-0.39, 0.29) is 12.6 Å². The van der Waals surface area contributed by atoms with Gasteiger partial charge in [-0.3, -0.25) is 4.90 Å². The highest BCUT2D eigenvalue weighted by Gasteiger charge is 2.25. The summed E-state index contributed by atoms with van der Waals surface area (Å²) in [5.74, 6) is 1.33. The summed E-state index contributed by atoms with van der Waals surface area (Å²) in [6.07, 6.45) is 2.12. The molecular weight excluding hydrogens is 388 g/mol. The van der Waals surface area contributed by atoms with Crippen LogP contribution in [0.1, 0.15) is 18.4 Å². The lowest BCUT2D eigenvalue weighted by atomic mass is 10.0. The first-order chi connectivity index (χ1) is 14.1. The number of ether oxygens (including phenoxy) is 2. The summed E-state index contributed by atoms with van der Waals surface area (Å²) in [6.45, 7) is 1.88. The van der Waals surface area contributed by atoms with Crippen molar-refractivity contribution in [3.8, 4) is 22.8 Å². The van der Waals surface area contributed by atoms with Gasteiger partial charge in [-0.05, 0) is 49.2 Å². The average Bonchev–Trinajstić information content (AvgIpc) is 3.19. The zero-order valence-corrected chi connectivity index (χ0v) is 17.4. The molecule has 2 aromatic carbocycles. The van der Waals surface area contributed by atoms with E-state index in [1.165, 1.54) is 0 Å². The first-order valence-electron chi connectivity index (χ1n) is 9.79. The summed E-state index contributed by atoms with van der Waals surface area (Å²) in [6, 6.07) is 14.0. The molecule has 1 aliphatic rings. The number of aromatic nitrogens is 1. The Bertz CT molecular complexity index is 1020. The molecule has 5 nitrogen and oxygen atoms in total. The van der Waals surface area contributed by atoms with E-state index in [1.54, 1.807) is 14.2 Å². The Morgan fingerprint density at radius 1 is 1.14 bits per heavy atom. The van der Waals surface area contributed by atoms with Crippen LogP contribution in [0.5, 0.6) is 11.5 Å². The molecule has 6 heteroatoms. The van der Waals surface area contributed by atoms with E-state index in [0.717, 1.165) is 53.7 Å². The number of halogens is 1.